The molecule has 0 unspecified atom stereocenters. The van der Waals surface area contributed by atoms with Crippen molar-refractivity contribution in [3.8, 4) is 0 Å². The van der Waals surface area contributed by atoms with Crippen molar-refractivity contribution in [1.29, 1.82) is 0 Å². The van der Waals surface area contributed by atoms with Crippen LogP contribution in [0.25, 0.3) is 0 Å². The Balaban J connectivity index is 2.11. The summed E-state index contributed by atoms with van der Waals surface area (Å²) in [6.45, 7) is 5.79. The quantitative estimate of drug-likeness (QED) is 0.939. The van der Waals surface area contributed by atoms with Gasteiger partial charge in [0.15, 0.2) is 0 Å². The van der Waals surface area contributed by atoms with Crippen molar-refractivity contribution in [3.05, 3.63) is 40.2 Å². The number of carbonyl (C=O) groups is 1. The Hall–Kier alpha value is -1.82. The monoisotopic (exact) mass is 293 g/mol. The molecule has 106 valence electrons. The molecule has 0 atom stereocenters. The summed E-state index contributed by atoms with van der Waals surface area (Å²) in [5.41, 5.74) is 0.459. The zero-order chi connectivity index (χ0) is 14.7. The molecule has 0 bridgehead atoms. The van der Waals surface area contributed by atoms with Gasteiger partial charge in [0.25, 0.3) is 5.91 Å². The largest absolute Gasteiger partial charge is 0.296 e. The molecule has 1 heterocycles. The lowest BCUT2D eigenvalue weighted by Crippen LogP contribution is -2.14. The van der Waals surface area contributed by atoms with Crippen LogP contribution in [0.3, 0.4) is 0 Å². The van der Waals surface area contributed by atoms with Crippen molar-refractivity contribution in [2.24, 2.45) is 5.92 Å². The second-order valence-electron chi connectivity index (χ2n) is 4.99. The average molecular weight is 293 g/mol. The van der Waals surface area contributed by atoms with E-state index < -0.39 is 11.7 Å². The van der Waals surface area contributed by atoms with Crippen molar-refractivity contribution < 1.29 is 9.18 Å². The van der Waals surface area contributed by atoms with Crippen LogP contribution in [0.1, 0.15) is 34.8 Å². The highest BCUT2D eigenvalue weighted by Gasteiger charge is 2.15. The number of carbonyl (C=O) groups excluding carboxylic acids is 1. The normalized spacial score (nSPS) is 10.8. The molecule has 0 radical (unpaired) electrons. The van der Waals surface area contributed by atoms with Gasteiger partial charge in [-0.3, -0.25) is 10.1 Å². The number of aromatic nitrogens is 2. The number of aryl methyl sites for hydroxylation is 1. The van der Waals surface area contributed by atoms with Crippen LogP contribution < -0.4 is 5.32 Å². The summed E-state index contributed by atoms with van der Waals surface area (Å²) in [6, 6.07) is 4.73. The van der Waals surface area contributed by atoms with E-state index in [1.807, 2.05) is 0 Å². The van der Waals surface area contributed by atoms with Gasteiger partial charge in [0, 0.05) is 6.42 Å². The molecule has 1 aromatic heterocycles. The van der Waals surface area contributed by atoms with Crippen LogP contribution in [0, 0.1) is 18.7 Å². The lowest BCUT2D eigenvalue weighted by Gasteiger charge is -2.04. The Morgan fingerprint density at radius 3 is 2.85 bits per heavy atom. The molecule has 0 saturated carbocycles. The van der Waals surface area contributed by atoms with E-state index >= 15 is 0 Å². The number of hydrogen-bond donors (Lipinski definition) is 1. The molecule has 0 spiro atoms. The predicted octanol–water partition coefficient (Wildman–Crippen LogP) is 3.44. The summed E-state index contributed by atoms with van der Waals surface area (Å²) in [5, 5.41) is 11.7. The first-order valence-corrected chi connectivity index (χ1v) is 7.18. The van der Waals surface area contributed by atoms with E-state index in [4.69, 9.17) is 0 Å². The Kier molecular flexibility index (Phi) is 4.44. The topological polar surface area (TPSA) is 54.9 Å². The molecule has 1 aromatic carbocycles. The first-order valence-electron chi connectivity index (χ1n) is 6.36. The highest BCUT2D eigenvalue weighted by Crippen LogP contribution is 2.20. The minimum absolute atomic E-state index is 0.0191. The van der Waals surface area contributed by atoms with Gasteiger partial charge in [0.1, 0.15) is 10.8 Å². The van der Waals surface area contributed by atoms with Crippen molar-refractivity contribution in [2.45, 2.75) is 27.2 Å². The van der Waals surface area contributed by atoms with E-state index in [1.165, 1.54) is 17.4 Å². The zero-order valence-electron chi connectivity index (χ0n) is 11.6. The number of rotatable bonds is 4. The highest BCUT2D eigenvalue weighted by atomic mass is 32.1. The SMILES string of the molecule is Cc1cccc(C(=O)Nc2nnc(CC(C)C)s2)c1F. The van der Waals surface area contributed by atoms with Gasteiger partial charge in [-0.25, -0.2) is 4.39 Å². The third kappa shape index (κ3) is 3.39. The van der Waals surface area contributed by atoms with Crippen molar-refractivity contribution in [1.82, 2.24) is 10.2 Å². The van der Waals surface area contributed by atoms with Crippen LogP contribution in [0.15, 0.2) is 18.2 Å². The standard InChI is InChI=1S/C14H16FN3OS/c1-8(2)7-11-17-18-14(20-11)16-13(19)10-6-4-5-9(3)12(10)15/h4-6,8H,7H2,1-3H3,(H,16,18,19). The summed E-state index contributed by atoms with van der Waals surface area (Å²) in [5.74, 6) is -0.531. The van der Waals surface area contributed by atoms with Gasteiger partial charge >= 0.3 is 0 Å². The lowest BCUT2D eigenvalue weighted by molar-refractivity contribution is 0.102. The fraction of sp³-hybridized carbons (Fsp3) is 0.357. The summed E-state index contributed by atoms with van der Waals surface area (Å²) < 4.78 is 13.8. The van der Waals surface area contributed by atoms with E-state index in [0.29, 0.717) is 16.6 Å². The molecule has 0 aliphatic carbocycles. The van der Waals surface area contributed by atoms with Crippen molar-refractivity contribution >= 4 is 22.4 Å². The first-order chi connectivity index (χ1) is 9.47. The molecule has 0 aliphatic rings. The molecule has 1 amide bonds. The number of hydrogen-bond acceptors (Lipinski definition) is 4. The minimum Gasteiger partial charge on any atom is -0.296 e. The number of anilines is 1. The Labute approximate surface area is 121 Å². The maximum Gasteiger partial charge on any atom is 0.260 e. The second-order valence-corrected chi connectivity index (χ2v) is 6.05. The smallest absolute Gasteiger partial charge is 0.260 e. The zero-order valence-corrected chi connectivity index (χ0v) is 12.4. The molecule has 0 fully saturated rings. The van der Waals surface area contributed by atoms with Crippen LogP contribution in [0.5, 0.6) is 0 Å². The van der Waals surface area contributed by atoms with E-state index in [1.54, 1.807) is 19.1 Å². The molecular weight excluding hydrogens is 277 g/mol. The Morgan fingerprint density at radius 2 is 2.15 bits per heavy atom. The second kappa shape index (κ2) is 6.09. The van der Waals surface area contributed by atoms with Crippen LogP contribution >= 0.6 is 11.3 Å². The first kappa shape index (κ1) is 14.6. The van der Waals surface area contributed by atoms with E-state index in [0.717, 1.165) is 11.4 Å². The maximum absolute atomic E-state index is 13.8. The summed E-state index contributed by atoms with van der Waals surface area (Å²) in [4.78, 5) is 12.0. The Bertz CT molecular complexity index is 625. The van der Waals surface area contributed by atoms with Gasteiger partial charge in [-0.1, -0.05) is 37.3 Å². The number of amides is 1. The van der Waals surface area contributed by atoms with Gasteiger partial charge < -0.3 is 0 Å². The van der Waals surface area contributed by atoms with Gasteiger partial charge in [-0.2, -0.15) is 0 Å². The molecule has 2 rings (SSSR count). The molecule has 20 heavy (non-hydrogen) atoms. The fourth-order valence-electron chi connectivity index (χ4n) is 1.72. The maximum atomic E-state index is 13.8. The molecular formula is C14H16FN3OS. The minimum atomic E-state index is -0.503. The molecule has 1 N–H and O–H groups in total. The molecule has 2 aromatic rings. The third-order valence-corrected chi connectivity index (χ3v) is 3.57. The number of nitrogens with zero attached hydrogens (tertiary/aromatic N) is 2. The summed E-state index contributed by atoms with van der Waals surface area (Å²) >= 11 is 1.32. The van der Waals surface area contributed by atoms with Crippen LogP contribution in [-0.4, -0.2) is 16.1 Å². The third-order valence-electron chi connectivity index (χ3n) is 2.71. The van der Waals surface area contributed by atoms with Crippen LogP contribution in [-0.2, 0) is 6.42 Å². The van der Waals surface area contributed by atoms with Gasteiger partial charge in [0.2, 0.25) is 5.13 Å². The number of halogens is 1. The molecule has 0 saturated heterocycles. The van der Waals surface area contributed by atoms with Crippen molar-refractivity contribution in [3.63, 3.8) is 0 Å². The molecule has 6 heteroatoms. The van der Waals surface area contributed by atoms with Gasteiger partial charge in [-0.05, 0) is 24.5 Å². The van der Waals surface area contributed by atoms with Crippen LogP contribution in [0.2, 0.25) is 0 Å². The van der Waals surface area contributed by atoms with Crippen LogP contribution in [0.4, 0.5) is 9.52 Å². The van der Waals surface area contributed by atoms with E-state index in [-0.39, 0.29) is 5.56 Å². The predicted molar refractivity (Wildman–Crippen MR) is 77.5 cm³/mol. The summed E-state index contributed by atoms with van der Waals surface area (Å²) in [6.07, 6.45) is 0.812. The van der Waals surface area contributed by atoms with Gasteiger partial charge in [-0.15, -0.1) is 10.2 Å². The Morgan fingerprint density at radius 1 is 1.40 bits per heavy atom. The highest BCUT2D eigenvalue weighted by molar-refractivity contribution is 7.15. The fourth-order valence-corrected chi connectivity index (χ4v) is 2.67. The number of benzene rings is 1. The average Bonchev–Trinajstić information content (AvgIpc) is 2.79. The molecule has 4 nitrogen and oxygen atoms in total. The van der Waals surface area contributed by atoms with E-state index in [2.05, 4.69) is 29.4 Å². The molecule has 0 aliphatic heterocycles. The van der Waals surface area contributed by atoms with E-state index in [9.17, 15) is 9.18 Å². The summed E-state index contributed by atoms with van der Waals surface area (Å²) in [7, 11) is 0. The number of nitrogens with one attached hydrogen (secondary N) is 1. The lowest BCUT2D eigenvalue weighted by atomic mass is 10.1. The van der Waals surface area contributed by atoms with Gasteiger partial charge in [0.05, 0.1) is 5.56 Å². The van der Waals surface area contributed by atoms with Crippen molar-refractivity contribution in [2.75, 3.05) is 5.32 Å².